The number of thioether (sulfide) groups is 1. The number of nitriles is 1. The Hall–Kier alpha value is -1.58. The largest absolute Gasteiger partial charge is 0.283 e. The van der Waals surface area contributed by atoms with Crippen LogP contribution >= 0.6 is 23.1 Å². The minimum absolute atomic E-state index is 0.0667. The summed E-state index contributed by atoms with van der Waals surface area (Å²) in [7, 11) is 0. The van der Waals surface area contributed by atoms with Crippen LogP contribution in [0.1, 0.15) is 36.1 Å². The van der Waals surface area contributed by atoms with E-state index in [1.807, 2.05) is 0 Å². The zero-order chi connectivity index (χ0) is 16.2. The molecule has 0 fully saturated rings. The van der Waals surface area contributed by atoms with E-state index in [1.165, 1.54) is 16.9 Å². The van der Waals surface area contributed by atoms with Gasteiger partial charge in [-0.2, -0.15) is 5.26 Å². The predicted octanol–water partition coefficient (Wildman–Crippen LogP) is 3.92. The fourth-order valence-corrected chi connectivity index (χ4v) is 5.18. The maximum atomic E-state index is 13.0. The minimum atomic E-state index is 0.0667. The van der Waals surface area contributed by atoms with E-state index in [4.69, 9.17) is 10.2 Å². The molecule has 0 saturated carbocycles. The van der Waals surface area contributed by atoms with Gasteiger partial charge in [0.1, 0.15) is 4.83 Å². The molecule has 0 amide bonds. The molecule has 2 heterocycles. The van der Waals surface area contributed by atoms with Crippen molar-refractivity contribution in [2.45, 2.75) is 50.2 Å². The first-order valence-corrected chi connectivity index (χ1v) is 9.72. The molecule has 2 aromatic heterocycles. The van der Waals surface area contributed by atoms with Gasteiger partial charge in [0.25, 0.3) is 5.56 Å². The van der Waals surface area contributed by atoms with Crippen molar-refractivity contribution in [3.63, 3.8) is 0 Å². The lowest BCUT2D eigenvalue weighted by molar-refractivity contribution is 0.667. The van der Waals surface area contributed by atoms with Crippen molar-refractivity contribution in [3.05, 3.63) is 33.4 Å². The van der Waals surface area contributed by atoms with Gasteiger partial charge in [0.05, 0.1) is 11.5 Å². The third-order valence-electron chi connectivity index (χ3n) is 4.02. The zero-order valence-electron chi connectivity index (χ0n) is 13.0. The maximum absolute atomic E-state index is 13.0. The maximum Gasteiger partial charge on any atom is 0.263 e. The van der Waals surface area contributed by atoms with Crippen molar-refractivity contribution in [1.82, 2.24) is 9.55 Å². The number of hydrogen-bond donors (Lipinski definition) is 0. The summed E-state index contributed by atoms with van der Waals surface area (Å²) >= 11 is 3.24. The Morgan fingerprint density at radius 3 is 3.04 bits per heavy atom. The van der Waals surface area contributed by atoms with Crippen molar-refractivity contribution >= 4 is 33.3 Å². The molecule has 0 saturated heterocycles. The fourth-order valence-electron chi connectivity index (χ4n) is 2.93. The van der Waals surface area contributed by atoms with Crippen LogP contribution in [0, 0.1) is 11.3 Å². The quantitative estimate of drug-likeness (QED) is 0.345. The third kappa shape index (κ3) is 3.22. The normalized spacial score (nSPS) is 13.7. The third-order valence-corrected chi connectivity index (χ3v) is 6.26. The highest BCUT2D eigenvalue weighted by Crippen LogP contribution is 2.34. The molecule has 0 atom stereocenters. The summed E-state index contributed by atoms with van der Waals surface area (Å²) in [4.78, 5) is 20.0. The molecule has 2 aromatic rings. The molecule has 4 nitrogen and oxygen atoms in total. The van der Waals surface area contributed by atoms with E-state index in [9.17, 15) is 4.79 Å². The summed E-state index contributed by atoms with van der Waals surface area (Å²) in [5.41, 5.74) is 1.30. The number of aryl methyl sites for hydroxylation is 2. The van der Waals surface area contributed by atoms with Gasteiger partial charge < -0.3 is 0 Å². The van der Waals surface area contributed by atoms with Crippen LogP contribution in [0.15, 0.2) is 22.6 Å². The van der Waals surface area contributed by atoms with Gasteiger partial charge in [-0.3, -0.25) is 9.36 Å². The molecule has 120 valence electrons. The Morgan fingerprint density at radius 2 is 2.26 bits per heavy atom. The van der Waals surface area contributed by atoms with Gasteiger partial charge in [0.15, 0.2) is 5.16 Å². The van der Waals surface area contributed by atoms with Crippen molar-refractivity contribution in [1.29, 1.82) is 5.26 Å². The van der Waals surface area contributed by atoms with Crippen LogP contribution in [-0.4, -0.2) is 15.3 Å². The van der Waals surface area contributed by atoms with Crippen LogP contribution in [0.3, 0.4) is 0 Å². The number of nitrogens with zero attached hydrogens (tertiary/aromatic N) is 3. The molecule has 3 rings (SSSR count). The highest BCUT2D eigenvalue weighted by Gasteiger charge is 2.21. The number of thiophene rings is 1. The number of unbranched alkanes of at least 4 members (excludes halogenated alkanes) is 1. The van der Waals surface area contributed by atoms with Gasteiger partial charge in [-0.1, -0.05) is 17.8 Å². The summed E-state index contributed by atoms with van der Waals surface area (Å²) in [5.74, 6) is 0.799. The first-order chi connectivity index (χ1) is 11.3. The molecular weight excluding hydrogens is 326 g/mol. The van der Waals surface area contributed by atoms with Crippen LogP contribution in [0.25, 0.3) is 10.2 Å². The second-order valence-electron chi connectivity index (χ2n) is 5.60. The molecule has 0 aromatic carbocycles. The highest BCUT2D eigenvalue weighted by atomic mass is 32.2. The van der Waals surface area contributed by atoms with Crippen LogP contribution in [0.5, 0.6) is 0 Å². The number of allylic oxidation sites excluding steroid dienone is 1. The molecule has 0 aliphatic heterocycles. The van der Waals surface area contributed by atoms with Gasteiger partial charge in [0.2, 0.25) is 0 Å². The van der Waals surface area contributed by atoms with Gasteiger partial charge >= 0.3 is 0 Å². The lowest BCUT2D eigenvalue weighted by atomic mass is 9.97. The van der Waals surface area contributed by atoms with E-state index >= 15 is 0 Å². The van der Waals surface area contributed by atoms with E-state index in [-0.39, 0.29) is 5.56 Å². The second kappa shape index (κ2) is 7.33. The van der Waals surface area contributed by atoms with Crippen molar-refractivity contribution in [2.24, 2.45) is 0 Å². The van der Waals surface area contributed by atoms with Gasteiger partial charge in [-0.25, -0.2) is 4.98 Å². The van der Waals surface area contributed by atoms with Crippen LogP contribution in [0.4, 0.5) is 0 Å². The Labute approximate surface area is 143 Å². The SMILES string of the molecule is C=CCn1c(SCCCC#N)nc2sc3c(c2c1=O)CCCC3. The topological polar surface area (TPSA) is 58.7 Å². The van der Waals surface area contributed by atoms with Crippen LogP contribution in [-0.2, 0) is 19.4 Å². The van der Waals surface area contributed by atoms with Gasteiger partial charge in [-0.05, 0) is 37.7 Å². The van der Waals surface area contributed by atoms with E-state index in [0.29, 0.717) is 13.0 Å². The molecule has 6 heteroatoms. The number of fused-ring (bicyclic) bond motifs is 3. The number of aromatic nitrogens is 2. The molecule has 0 bridgehead atoms. The van der Waals surface area contributed by atoms with Gasteiger partial charge in [-0.15, -0.1) is 17.9 Å². The molecule has 1 aliphatic rings. The molecular formula is C17H19N3OS2. The van der Waals surface area contributed by atoms with E-state index in [1.54, 1.807) is 33.7 Å². The summed E-state index contributed by atoms with van der Waals surface area (Å²) in [5, 5.41) is 10.2. The second-order valence-corrected chi connectivity index (χ2v) is 7.75. The lowest BCUT2D eigenvalue weighted by Gasteiger charge is -2.12. The molecule has 0 spiro atoms. The fraction of sp³-hybridized carbons (Fsp3) is 0.471. The van der Waals surface area contributed by atoms with Gasteiger partial charge in [0, 0.05) is 23.6 Å². The van der Waals surface area contributed by atoms with E-state index < -0.39 is 0 Å². The first-order valence-electron chi connectivity index (χ1n) is 7.92. The molecule has 1 aliphatic carbocycles. The zero-order valence-corrected chi connectivity index (χ0v) is 14.6. The first kappa shape index (κ1) is 16.3. The van der Waals surface area contributed by atoms with Crippen LogP contribution in [0.2, 0.25) is 0 Å². The van der Waals surface area contributed by atoms with Crippen LogP contribution < -0.4 is 5.56 Å². The smallest absolute Gasteiger partial charge is 0.263 e. The summed E-state index contributed by atoms with van der Waals surface area (Å²) < 4.78 is 1.73. The Bertz CT molecular complexity index is 829. The monoisotopic (exact) mass is 345 g/mol. The van der Waals surface area contributed by atoms with E-state index in [0.717, 1.165) is 46.8 Å². The molecule has 0 N–H and O–H groups in total. The lowest BCUT2D eigenvalue weighted by Crippen LogP contribution is -2.23. The minimum Gasteiger partial charge on any atom is -0.283 e. The summed E-state index contributed by atoms with van der Waals surface area (Å²) in [6.45, 7) is 4.25. The van der Waals surface area contributed by atoms with E-state index in [2.05, 4.69) is 12.6 Å². The molecule has 0 unspecified atom stereocenters. The van der Waals surface area contributed by atoms with Crippen molar-refractivity contribution in [2.75, 3.05) is 5.75 Å². The van der Waals surface area contributed by atoms with Crippen molar-refractivity contribution in [3.8, 4) is 6.07 Å². The van der Waals surface area contributed by atoms with Crippen molar-refractivity contribution < 1.29 is 0 Å². The Balaban J connectivity index is 2.05. The summed E-state index contributed by atoms with van der Waals surface area (Å²) in [6.07, 6.45) is 7.52. The number of hydrogen-bond acceptors (Lipinski definition) is 5. The Kier molecular flexibility index (Phi) is 5.19. The average molecular weight is 345 g/mol. The highest BCUT2D eigenvalue weighted by molar-refractivity contribution is 7.99. The predicted molar refractivity (Wildman–Crippen MR) is 96.3 cm³/mol. The average Bonchev–Trinajstić information content (AvgIpc) is 2.93. The summed E-state index contributed by atoms with van der Waals surface area (Å²) in [6, 6.07) is 2.15. The number of rotatable bonds is 6. The Morgan fingerprint density at radius 1 is 1.43 bits per heavy atom. The molecule has 23 heavy (non-hydrogen) atoms. The molecule has 0 radical (unpaired) electrons. The standard InChI is InChI=1S/C17H19N3OS2/c1-2-10-20-16(21)14-12-7-3-4-8-13(12)23-15(14)19-17(20)22-11-6-5-9-18/h2H,1,3-8,10-11H2.